The zero-order chi connectivity index (χ0) is 13.6. The maximum Gasteiger partial charge on any atom is 0.245 e. The molecule has 4 heteroatoms. The van der Waals surface area contributed by atoms with Gasteiger partial charge in [0.05, 0.1) is 0 Å². The van der Waals surface area contributed by atoms with E-state index in [4.69, 9.17) is 0 Å². The van der Waals surface area contributed by atoms with E-state index in [-0.39, 0.29) is 11.8 Å². The van der Waals surface area contributed by atoms with Crippen molar-refractivity contribution < 1.29 is 9.59 Å². The molecule has 1 saturated heterocycles. The number of carbonyl (C=O) groups is 2. The molecule has 0 atom stereocenters. The van der Waals surface area contributed by atoms with Gasteiger partial charge in [-0.25, -0.2) is 0 Å². The van der Waals surface area contributed by atoms with Crippen LogP contribution in [0.2, 0.25) is 0 Å². The monoisotopic (exact) mass is 254 g/mol. The number of amides is 2. The van der Waals surface area contributed by atoms with Crippen molar-refractivity contribution in [1.82, 2.24) is 10.2 Å². The lowest BCUT2D eigenvalue weighted by atomic mass is 9.98. The largest absolute Gasteiger partial charge is 0.352 e. The Bertz CT molecular complexity index is 300. The lowest BCUT2D eigenvalue weighted by molar-refractivity contribution is -0.149. The first-order chi connectivity index (χ1) is 8.50. The second-order valence-corrected chi connectivity index (χ2v) is 5.52. The average molecular weight is 254 g/mol. The lowest BCUT2D eigenvalue weighted by Gasteiger charge is -2.41. The summed E-state index contributed by atoms with van der Waals surface area (Å²) in [5.74, 6) is 0.0689. The van der Waals surface area contributed by atoms with Crippen LogP contribution in [-0.2, 0) is 9.59 Å². The fraction of sp³-hybridized carbons (Fsp3) is 0.857. The zero-order valence-corrected chi connectivity index (χ0v) is 11.9. The van der Waals surface area contributed by atoms with E-state index < -0.39 is 5.54 Å². The first kappa shape index (κ1) is 15.0. The maximum absolute atomic E-state index is 12.1. The predicted molar refractivity (Wildman–Crippen MR) is 72.2 cm³/mol. The zero-order valence-electron chi connectivity index (χ0n) is 11.9. The molecule has 1 aliphatic heterocycles. The van der Waals surface area contributed by atoms with Crippen LogP contribution in [0.3, 0.4) is 0 Å². The molecule has 0 radical (unpaired) electrons. The number of nitrogens with zero attached hydrogens (tertiary/aromatic N) is 1. The molecule has 1 heterocycles. The number of carbonyl (C=O) groups excluding carboxylic acids is 2. The fourth-order valence-corrected chi connectivity index (χ4v) is 2.35. The summed E-state index contributed by atoms with van der Waals surface area (Å²) in [6, 6.07) is 0. The number of hydrogen-bond donors (Lipinski definition) is 1. The summed E-state index contributed by atoms with van der Waals surface area (Å²) in [4.78, 5) is 25.6. The molecule has 104 valence electrons. The number of nitrogens with one attached hydrogen (secondary N) is 1. The molecule has 0 aromatic carbocycles. The molecule has 18 heavy (non-hydrogen) atoms. The highest BCUT2D eigenvalue weighted by atomic mass is 16.2. The van der Waals surface area contributed by atoms with Gasteiger partial charge in [0.1, 0.15) is 5.54 Å². The molecule has 1 N–H and O–H groups in total. The van der Waals surface area contributed by atoms with E-state index in [0.29, 0.717) is 19.5 Å². The second-order valence-electron chi connectivity index (χ2n) is 5.52. The van der Waals surface area contributed by atoms with Gasteiger partial charge < -0.3 is 10.2 Å². The molecule has 1 rings (SSSR count). The van der Waals surface area contributed by atoms with E-state index in [2.05, 4.69) is 12.2 Å². The second kappa shape index (κ2) is 6.76. The SMILES string of the molecule is CCCCCCCC(=O)N1CCNC(=O)C1(C)C. The minimum atomic E-state index is -0.696. The van der Waals surface area contributed by atoms with Crippen molar-refractivity contribution in [2.75, 3.05) is 13.1 Å². The van der Waals surface area contributed by atoms with Crippen LogP contribution in [0, 0.1) is 0 Å². The highest BCUT2D eigenvalue weighted by Gasteiger charge is 2.39. The van der Waals surface area contributed by atoms with Crippen LogP contribution in [0.5, 0.6) is 0 Å². The topological polar surface area (TPSA) is 49.4 Å². The summed E-state index contributed by atoms with van der Waals surface area (Å²) in [7, 11) is 0. The van der Waals surface area contributed by atoms with E-state index >= 15 is 0 Å². The minimum Gasteiger partial charge on any atom is -0.352 e. The van der Waals surface area contributed by atoms with Crippen LogP contribution in [-0.4, -0.2) is 35.3 Å². The first-order valence-electron chi connectivity index (χ1n) is 7.09. The van der Waals surface area contributed by atoms with Gasteiger partial charge in [0, 0.05) is 19.5 Å². The smallest absolute Gasteiger partial charge is 0.245 e. The minimum absolute atomic E-state index is 0.0481. The first-order valence-corrected chi connectivity index (χ1v) is 7.09. The molecule has 1 fully saturated rings. The molecule has 0 saturated carbocycles. The Hall–Kier alpha value is -1.06. The number of piperazine rings is 1. The fourth-order valence-electron chi connectivity index (χ4n) is 2.35. The molecular weight excluding hydrogens is 228 g/mol. The lowest BCUT2D eigenvalue weighted by Crippen LogP contribution is -2.63. The van der Waals surface area contributed by atoms with E-state index in [9.17, 15) is 9.59 Å². The van der Waals surface area contributed by atoms with E-state index in [1.165, 1.54) is 19.3 Å². The molecule has 0 spiro atoms. The Morgan fingerprint density at radius 3 is 2.61 bits per heavy atom. The standard InChI is InChI=1S/C14H26N2O2/c1-4-5-6-7-8-9-12(17)16-11-10-15-13(18)14(16,2)3/h4-11H2,1-3H3,(H,15,18). The van der Waals surface area contributed by atoms with Gasteiger partial charge in [0.15, 0.2) is 0 Å². The Morgan fingerprint density at radius 1 is 1.28 bits per heavy atom. The van der Waals surface area contributed by atoms with Gasteiger partial charge in [0.25, 0.3) is 0 Å². The molecule has 2 amide bonds. The van der Waals surface area contributed by atoms with Crippen LogP contribution in [0.25, 0.3) is 0 Å². The van der Waals surface area contributed by atoms with Crippen molar-refractivity contribution in [1.29, 1.82) is 0 Å². The van der Waals surface area contributed by atoms with Crippen molar-refractivity contribution in [3.8, 4) is 0 Å². The third-order valence-electron chi connectivity index (χ3n) is 3.65. The van der Waals surface area contributed by atoms with Gasteiger partial charge in [-0.2, -0.15) is 0 Å². The third-order valence-corrected chi connectivity index (χ3v) is 3.65. The Kier molecular flexibility index (Phi) is 5.63. The van der Waals surface area contributed by atoms with Gasteiger partial charge in [-0.15, -0.1) is 0 Å². The molecule has 0 bridgehead atoms. The Labute approximate surface area is 110 Å². The highest BCUT2D eigenvalue weighted by molar-refractivity contribution is 5.91. The molecule has 4 nitrogen and oxygen atoms in total. The van der Waals surface area contributed by atoms with Gasteiger partial charge in [-0.3, -0.25) is 9.59 Å². The summed E-state index contributed by atoms with van der Waals surface area (Å²) in [6.07, 6.45) is 6.28. The molecule has 0 aromatic heterocycles. The number of hydrogen-bond acceptors (Lipinski definition) is 2. The van der Waals surface area contributed by atoms with Crippen molar-refractivity contribution in [2.45, 2.75) is 64.8 Å². The van der Waals surface area contributed by atoms with Crippen molar-refractivity contribution in [2.24, 2.45) is 0 Å². The van der Waals surface area contributed by atoms with Crippen LogP contribution >= 0.6 is 0 Å². The normalized spacial score (nSPS) is 18.6. The highest BCUT2D eigenvalue weighted by Crippen LogP contribution is 2.19. The van der Waals surface area contributed by atoms with Crippen LogP contribution in [0.1, 0.15) is 59.3 Å². The van der Waals surface area contributed by atoms with E-state index in [1.54, 1.807) is 4.90 Å². The van der Waals surface area contributed by atoms with Crippen LogP contribution in [0.4, 0.5) is 0 Å². The van der Waals surface area contributed by atoms with Gasteiger partial charge in [-0.1, -0.05) is 32.6 Å². The van der Waals surface area contributed by atoms with Gasteiger partial charge >= 0.3 is 0 Å². The van der Waals surface area contributed by atoms with E-state index in [0.717, 1.165) is 12.8 Å². The summed E-state index contributed by atoms with van der Waals surface area (Å²) in [5, 5.41) is 2.81. The predicted octanol–water partition coefficient (Wildman–Crippen LogP) is 2.08. The van der Waals surface area contributed by atoms with Crippen LogP contribution < -0.4 is 5.32 Å². The van der Waals surface area contributed by atoms with E-state index in [1.807, 2.05) is 13.8 Å². The van der Waals surface area contributed by atoms with Crippen molar-refractivity contribution in [3.05, 3.63) is 0 Å². The quantitative estimate of drug-likeness (QED) is 0.738. The summed E-state index contributed by atoms with van der Waals surface area (Å²) in [6.45, 7) is 7.02. The molecule has 0 unspecified atom stereocenters. The summed E-state index contributed by atoms with van der Waals surface area (Å²) in [5.41, 5.74) is -0.696. The average Bonchev–Trinajstić information content (AvgIpc) is 2.32. The summed E-state index contributed by atoms with van der Waals surface area (Å²) < 4.78 is 0. The molecule has 0 aromatic rings. The molecule has 0 aliphatic carbocycles. The molecule has 1 aliphatic rings. The van der Waals surface area contributed by atoms with Crippen molar-refractivity contribution in [3.63, 3.8) is 0 Å². The maximum atomic E-state index is 12.1. The Balaban J connectivity index is 2.38. The van der Waals surface area contributed by atoms with Gasteiger partial charge in [0.2, 0.25) is 11.8 Å². The number of unbranched alkanes of at least 4 members (excludes halogenated alkanes) is 4. The number of rotatable bonds is 6. The molecular formula is C14H26N2O2. The van der Waals surface area contributed by atoms with Crippen molar-refractivity contribution >= 4 is 11.8 Å². The summed E-state index contributed by atoms with van der Waals surface area (Å²) >= 11 is 0. The third kappa shape index (κ3) is 3.72. The van der Waals surface area contributed by atoms with Crippen LogP contribution in [0.15, 0.2) is 0 Å². The Morgan fingerprint density at radius 2 is 1.94 bits per heavy atom. The van der Waals surface area contributed by atoms with Gasteiger partial charge in [-0.05, 0) is 20.3 Å².